The van der Waals surface area contributed by atoms with Gasteiger partial charge in [0.1, 0.15) is 6.61 Å². The second kappa shape index (κ2) is 8.10. The quantitative estimate of drug-likeness (QED) is 0.460. The molecule has 144 valence electrons. The summed E-state index contributed by atoms with van der Waals surface area (Å²) in [5.74, 6) is 2.03. The Hall–Kier alpha value is -2.73. The highest BCUT2D eigenvalue weighted by molar-refractivity contribution is 7.99. The van der Waals surface area contributed by atoms with E-state index < -0.39 is 0 Å². The molecule has 1 atom stereocenters. The molecule has 3 heterocycles. The molecule has 0 fully saturated rings. The second-order valence-electron chi connectivity index (χ2n) is 6.77. The largest absolute Gasteiger partial charge is 0.486 e. The molecular formula is C22H22N2O3S. The number of benzene rings is 1. The van der Waals surface area contributed by atoms with Gasteiger partial charge in [-0.1, -0.05) is 30.0 Å². The molecule has 0 spiro atoms. The zero-order valence-corrected chi connectivity index (χ0v) is 16.7. The van der Waals surface area contributed by atoms with Crippen molar-refractivity contribution in [2.24, 2.45) is 0 Å². The zero-order valence-electron chi connectivity index (χ0n) is 15.9. The fraction of sp³-hybridized carbons (Fsp3) is 0.273. The number of fused-ring (bicyclic) bond motifs is 1. The van der Waals surface area contributed by atoms with E-state index in [1.54, 1.807) is 6.20 Å². The molecule has 1 aromatic carbocycles. The third-order valence-corrected chi connectivity index (χ3v) is 5.76. The molecule has 4 rings (SSSR count). The molecule has 6 heteroatoms. The summed E-state index contributed by atoms with van der Waals surface area (Å²) >= 11 is 1.46. The molecule has 1 aliphatic heterocycles. The minimum atomic E-state index is -0.0921. The number of hydrogen-bond donors (Lipinski definition) is 0. The van der Waals surface area contributed by atoms with Gasteiger partial charge in [0, 0.05) is 23.1 Å². The van der Waals surface area contributed by atoms with Crippen molar-refractivity contribution in [3.8, 4) is 11.5 Å². The van der Waals surface area contributed by atoms with E-state index in [1.807, 2.05) is 62.4 Å². The van der Waals surface area contributed by atoms with E-state index in [-0.39, 0.29) is 11.9 Å². The smallest absolute Gasteiger partial charge is 0.174 e. The van der Waals surface area contributed by atoms with Crippen LogP contribution in [0.15, 0.2) is 59.8 Å². The van der Waals surface area contributed by atoms with Crippen LogP contribution in [0, 0.1) is 13.8 Å². The number of ketones is 1. The number of hydrogen-bond acceptors (Lipinski definition) is 5. The number of nitrogens with zero attached hydrogens (tertiary/aromatic N) is 2. The number of aryl methyl sites for hydroxylation is 1. The minimum absolute atomic E-state index is 0.0921. The molecule has 28 heavy (non-hydrogen) atoms. The molecule has 0 saturated carbocycles. The van der Waals surface area contributed by atoms with Gasteiger partial charge in [-0.05, 0) is 44.2 Å². The lowest BCUT2D eigenvalue weighted by molar-refractivity contribution is 0.0777. The highest BCUT2D eigenvalue weighted by atomic mass is 32.2. The Bertz CT molecular complexity index is 985. The zero-order chi connectivity index (χ0) is 19.5. The number of thioether (sulfide) groups is 1. The van der Waals surface area contributed by atoms with E-state index in [9.17, 15) is 4.79 Å². The van der Waals surface area contributed by atoms with Gasteiger partial charge in [0.2, 0.25) is 0 Å². The molecule has 3 aromatic rings. The molecular weight excluding hydrogens is 372 g/mol. The summed E-state index contributed by atoms with van der Waals surface area (Å²) < 4.78 is 14.0. The van der Waals surface area contributed by atoms with Gasteiger partial charge in [0.15, 0.2) is 23.4 Å². The van der Waals surface area contributed by atoms with Crippen LogP contribution >= 0.6 is 11.8 Å². The van der Waals surface area contributed by atoms with Crippen LogP contribution in [-0.2, 0) is 6.54 Å². The van der Waals surface area contributed by atoms with Crippen LogP contribution in [0.1, 0.15) is 21.7 Å². The lowest BCUT2D eigenvalue weighted by Gasteiger charge is -2.27. The number of pyridine rings is 1. The first-order valence-corrected chi connectivity index (χ1v) is 10.2. The lowest BCUT2D eigenvalue weighted by atomic mass is 10.2. The highest BCUT2D eigenvalue weighted by Crippen LogP contribution is 2.31. The summed E-state index contributed by atoms with van der Waals surface area (Å²) in [4.78, 5) is 17.0. The molecule has 2 aromatic heterocycles. The summed E-state index contributed by atoms with van der Waals surface area (Å²) in [5, 5.41) is 0.857. The van der Waals surface area contributed by atoms with Crippen LogP contribution in [-0.4, -0.2) is 33.8 Å². The normalized spacial score (nSPS) is 15.4. The number of rotatable bonds is 6. The second-order valence-corrected chi connectivity index (χ2v) is 7.77. The topological polar surface area (TPSA) is 53.4 Å². The molecule has 0 radical (unpaired) electrons. The maximum absolute atomic E-state index is 12.7. The maximum Gasteiger partial charge on any atom is 0.174 e. The predicted octanol–water partition coefficient (Wildman–Crippen LogP) is 4.31. The summed E-state index contributed by atoms with van der Waals surface area (Å²) in [5.41, 5.74) is 2.77. The van der Waals surface area contributed by atoms with Crippen LogP contribution in [0.3, 0.4) is 0 Å². The Balaban J connectivity index is 1.45. The third-order valence-electron chi connectivity index (χ3n) is 4.82. The van der Waals surface area contributed by atoms with Crippen molar-refractivity contribution in [1.82, 2.24) is 9.55 Å². The SMILES string of the molecule is Cc1cc(C(=O)CSc2ccccn2)c(C)n1CC1COc2ccccc2O1. The van der Waals surface area contributed by atoms with Gasteiger partial charge in [-0.2, -0.15) is 0 Å². The number of ether oxygens (including phenoxy) is 2. The van der Waals surface area contributed by atoms with Gasteiger partial charge in [0.25, 0.3) is 0 Å². The fourth-order valence-corrected chi connectivity index (χ4v) is 4.12. The van der Waals surface area contributed by atoms with Crippen LogP contribution < -0.4 is 9.47 Å². The lowest BCUT2D eigenvalue weighted by Crippen LogP contribution is -2.33. The van der Waals surface area contributed by atoms with Crippen molar-refractivity contribution in [3.63, 3.8) is 0 Å². The predicted molar refractivity (Wildman–Crippen MR) is 110 cm³/mol. The van der Waals surface area contributed by atoms with Gasteiger partial charge < -0.3 is 14.0 Å². The highest BCUT2D eigenvalue weighted by Gasteiger charge is 2.24. The summed E-state index contributed by atoms with van der Waals surface area (Å²) in [6.07, 6.45) is 1.65. The van der Waals surface area contributed by atoms with Gasteiger partial charge in [-0.25, -0.2) is 4.98 Å². The number of aromatic nitrogens is 2. The van der Waals surface area contributed by atoms with Crippen molar-refractivity contribution >= 4 is 17.5 Å². The molecule has 0 N–H and O–H groups in total. The molecule has 0 saturated heterocycles. The number of Topliss-reactive ketones (excluding diaryl/α,β-unsaturated/α-hetero) is 1. The fourth-order valence-electron chi connectivity index (χ4n) is 3.37. The molecule has 0 bridgehead atoms. The molecule has 0 aliphatic carbocycles. The molecule has 0 amide bonds. The standard InChI is InChI=1S/C22H22N2O3S/c1-15-11-18(19(25)14-28-22-9-5-6-10-23-22)16(2)24(15)12-17-13-26-20-7-3-4-8-21(20)27-17/h3-11,17H,12-14H2,1-2H3. The van der Waals surface area contributed by atoms with Crippen molar-refractivity contribution in [3.05, 3.63) is 71.7 Å². The Morgan fingerprint density at radius 1 is 1.18 bits per heavy atom. The van der Waals surface area contributed by atoms with Crippen LogP contribution in [0.2, 0.25) is 0 Å². The Kier molecular flexibility index (Phi) is 5.39. The number of carbonyl (C=O) groups is 1. The van der Waals surface area contributed by atoms with Gasteiger partial charge in [-0.15, -0.1) is 0 Å². The molecule has 1 aliphatic rings. The number of para-hydroxylation sites is 2. The Labute approximate surface area is 168 Å². The van der Waals surface area contributed by atoms with Gasteiger partial charge in [-0.3, -0.25) is 4.79 Å². The van der Waals surface area contributed by atoms with E-state index in [1.165, 1.54) is 11.8 Å². The Morgan fingerprint density at radius 3 is 2.75 bits per heavy atom. The average molecular weight is 394 g/mol. The first kappa shape index (κ1) is 18.6. The Morgan fingerprint density at radius 2 is 1.96 bits per heavy atom. The van der Waals surface area contributed by atoms with E-state index in [2.05, 4.69) is 9.55 Å². The number of carbonyl (C=O) groups excluding carboxylic acids is 1. The van der Waals surface area contributed by atoms with Crippen LogP contribution in [0.5, 0.6) is 11.5 Å². The average Bonchev–Trinajstić information content (AvgIpc) is 3.01. The van der Waals surface area contributed by atoms with E-state index >= 15 is 0 Å². The van der Waals surface area contributed by atoms with Crippen molar-refractivity contribution in [2.45, 2.75) is 31.5 Å². The summed E-state index contributed by atoms with van der Waals surface area (Å²) in [6, 6.07) is 15.4. The molecule has 1 unspecified atom stereocenters. The van der Waals surface area contributed by atoms with Crippen molar-refractivity contribution in [2.75, 3.05) is 12.4 Å². The van der Waals surface area contributed by atoms with Crippen LogP contribution in [0.4, 0.5) is 0 Å². The minimum Gasteiger partial charge on any atom is -0.486 e. The first-order valence-electron chi connectivity index (χ1n) is 9.24. The van der Waals surface area contributed by atoms with Gasteiger partial charge in [0.05, 0.1) is 17.3 Å². The van der Waals surface area contributed by atoms with E-state index in [0.717, 1.165) is 33.5 Å². The first-order chi connectivity index (χ1) is 13.6. The third kappa shape index (κ3) is 3.92. The van der Waals surface area contributed by atoms with E-state index in [0.29, 0.717) is 18.9 Å². The van der Waals surface area contributed by atoms with Crippen LogP contribution in [0.25, 0.3) is 0 Å². The van der Waals surface area contributed by atoms with Crippen molar-refractivity contribution in [1.29, 1.82) is 0 Å². The monoisotopic (exact) mass is 394 g/mol. The maximum atomic E-state index is 12.7. The van der Waals surface area contributed by atoms with Gasteiger partial charge >= 0.3 is 0 Å². The molecule has 5 nitrogen and oxygen atoms in total. The summed E-state index contributed by atoms with van der Waals surface area (Å²) in [7, 11) is 0. The summed E-state index contributed by atoms with van der Waals surface area (Å²) in [6.45, 7) is 5.15. The van der Waals surface area contributed by atoms with E-state index in [4.69, 9.17) is 9.47 Å². The van der Waals surface area contributed by atoms with Crippen molar-refractivity contribution < 1.29 is 14.3 Å².